The molecule has 4 aromatic rings. The molecule has 0 saturated carbocycles. The molecule has 6 aliphatic heterocycles. The fourth-order valence-electron chi connectivity index (χ4n) is 8.53. The summed E-state index contributed by atoms with van der Waals surface area (Å²) in [5, 5.41) is 6.69. The normalized spacial score (nSPS) is 26.9. The summed E-state index contributed by atoms with van der Waals surface area (Å²) in [6.07, 6.45) is -4.40. The first-order valence-electron chi connectivity index (χ1n) is 24.7. The summed E-state index contributed by atoms with van der Waals surface area (Å²) < 4.78 is 131. The van der Waals surface area contributed by atoms with Crippen molar-refractivity contribution < 1.29 is 44.3 Å². The van der Waals surface area contributed by atoms with Gasteiger partial charge >= 0.3 is 0 Å². The van der Waals surface area contributed by atoms with E-state index in [1.807, 2.05) is 29.2 Å². The van der Waals surface area contributed by atoms with E-state index in [1.54, 1.807) is 0 Å². The zero-order valence-electron chi connectivity index (χ0n) is 42.7. The molecule has 6 heterocycles. The van der Waals surface area contributed by atoms with Gasteiger partial charge in [-0.3, -0.25) is 9.59 Å². The largest absolute Gasteiger partial charge is 0.494 e. The molecule has 10 nitrogen and oxygen atoms in total. The molecular weight excluding hydrogens is 794 g/mol. The van der Waals surface area contributed by atoms with Crippen molar-refractivity contribution in [1.82, 2.24) is 10.2 Å². The average molecular weight is 856 g/mol. The quantitative estimate of drug-likeness (QED) is 0.153. The van der Waals surface area contributed by atoms with Gasteiger partial charge in [0.25, 0.3) is 0 Å². The molecular formula is C44H49BrF2N6O4. The number of hydrogen-bond donors (Lipinski definition) is 3. The van der Waals surface area contributed by atoms with E-state index in [2.05, 4.69) is 48.9 Å². The lowest BCUT2D eigenvalue weighted by atomic mass is 9.89. The van der Waals surface area contributed by atoms with E-state index >= 15 is 0 Å². The number of fused-ring (bicyclic) bond motifs is 6. The van der Waals surface area contributed by atoms with E-state index < -0.39 is 49.3 Å². The van der Waals surface area contributed by atoms with Crippen LogP contribution in [0.15, 0.2) is 84.9 Å². The molecule has 2 saturated heterocycles. The van der Waals surface area contributed by atoms with Crippen LogP contribution in [0.25, 0.3) is 0 Å². The Bertz CT molecular complexity index is 2580. The van der Waals surface area contributed by atoms with Crippen LogP contribution in [0.1, 0.15) is 65.0 Å². The number of benzene rings is 4. The average Bonchev–Trinajstić information content (AvgIpc) is 3.78. The Morgan fingerprint density at radius 3 is 1.84 bits per heavy atom. The van der Waals surface area contributed by atoms with Crippen LogP contribution in [-0.2, 0) is 9.59 Å². The standard InChI is InChI=1S/C22H24FN3O2.C13H15N3O.C9H10BrFO/c23-15-5-7-16(8-6-15)28-12-2-10-25-11-9-20-18(13-25)17-3-1-4-19-22(17)26(20)14-21(27)24-19;17-12-7-16-11-4-5-14-6-9(11)8-2-1-3-10(15-12)13(8)16;10-6-1-7-12-9-4-2-8(11)3-5-9/h1,3-8,18,20H,2,9-14H2,(H,24,27);1-3,9,11,14H,4-7H2,(H,15,17);2-5H,1,6-7H2/t18-,20-;9-,11-;/m00./s1/i2D2,10D2,12D2;;1D2,6D2,7D2. The topological polar surface area (TPSA) is 98.4 Å². The first kappa shape index (κ1) is 27.1. The fraction of sp³-hybridized carbons (Fsp3) is 0.409. The number of likely N-dealkylation sites (tertiary alicyclic amines) is 1. The van der Waals surface area contributed by atoms with E-state index in [0.717, 1.165) is 78.5 Å². The maximum absolute atomic E-state index is 13.2. The number of hydrogen-bond acceptors (Lipinski definition) is 8. The van der Waals surface area contributed by atoms with Gasteiger partial charge in [0.05, 0.1) is 54.4 Å². The van der Waals surface area contributed by atoms with Gasteiger partial charge in [0, 0.05) is 66.3 Å². The molecule has 13 heteroatoms. The number of piperidine rings is 2. The zero-order chi connectivity index (χ0) is 50.1. The van der Waals surface area contributed by atoms with E-state index in [9.17, 15) is 18.4 Å². The van der Waals surface area contributed by atoms with Crippen LogP contribution in [0.4, 0.5) is 31.5 Å². The van der Waals surface area contributed by atoms with Crippen LogP contribution >= 0.6 is 15.9 Å². The lowest BCUT2D eigenvalue weighted by molar-refractivity contribution is -0.116. The molecule has 0 aromatic heterocycles. The Kier molecular flexibility index (Phi) is 8.46. The maximum Gasteiger partial charge on any atom is 0.243 e. The van der Waals surface area contributed by atoms with E-state index in [-0.39, 0.29) is 54.9 Å². The molecule has 2 amide bonds. The third-order valence-electron chi connectivity index (χ3n) is 10.8. The van der Waals surface area contributed by atoms with Crippen molar-refractivity contribution in [3.8, 4) is 11.5 Å². The molecule has 4 atom stereocenters. The SMILES string of the molecule is O=C1CN2c3c(cccc3[C@@H]3CNCC[C@@H]32)N1.[2H]C([2H])(Br)C([2H])([2H])C([2H])([2H])Oc1ccc(F)cc1.[2H]C([2H])(Oc1ccc(F)cc1)C([2H])([2H])C([2H])([2H])N1CC[C@H]2[C@@H](C1)c1cccc3c1N2CC(=O)N3. The maximum atomic E-state index is 13.2. The number of nitrogens with one attached hydrogen (secondary N) is 3. The van der Waals surface area contributed by atoms with Crippen LogP contribution in [0.3, 0.4) is 0 Å². The summed E-state index contributed by atoms with van der Waals surface area (Å²) in [4.78, 5) is 29.6. The Morgan fingerprint density at radius 2 is 1.26 bits per heavy atom. The minimum atomic E-state index is -3.07. The molecule has 2 fully saturated rings. The number of halogens is 3. The van der Waals surface area contributed by atoms with E-state index in [4.69, 9.17) is 25.9 Å². The molecule has 0 radical (unpaired) electrons. The third kappa shape index (κ3) is 8.75. The van der Waals surface area contributed by atoms with E-state index in [1.165, 1.54) is 28.3 Å². The van der Waals surface area contributed by atoms with Crippen LogP contribution in [0.5, 0.6) is 11.5 Å². The number of ether oxygens (including phenoxy) is 2. The number of amides is 2. The molecule has 4 aromatic carbocycles. The number of carbonyl (C=O) groups excluding carboxylic acids is 2. The predicted octanol–water partition coefficient (Wildman–Crippen LogP) is 7.12. The highest BCUT2D eigenvalue weighted by Gasteiger charge is 2.45. The van der Waals surface area contributed by atoms with Crippen molar-refractivity contribution in [2.24, 2.45) is 0 Å². The van der Waals surface area contributed by atoms with Crippen molar-refractivity contribution in [3.05, 3.63) is 108 Å². The second kappa shape index (κ2) is 17.8. The van der Waals surface area contributed by atoms with Crippen molar-refractivity contribution in [2.75, 3.05) is 84.6 Å². The molecule has 0 aliphatic carbocycles. The van der Waals surface area contributed by atoms with Gasteiger partial charge in [-0.25, -0.2) is 8.78 Å². The minimum Gasteiger partial charge on any atom is -0.494 e. The van der Waals surface area contributed by atoms with Crippen LogP contribution in [0.2, 0.25) is 0 Å². The Morgan fingerprint density at radius 1 is 0.719 bits per heavy atom. The predicted molar refractivity (Wildman–Crippen MR) is 223 cm³/mol. The Balaban J connectivity index is 0.000000154. The van der Waals surface area contributed by atoms with Crippen LogP contribution < -0.4 is 35.2 Å². The lowest BCUT2D eigenvalue weighted by Crippen LogP contribution is -2.49. The van der Waals surface area contributed by atoms with Gasteiger partial charge in [0.2, 0.25) is 11.8 Å². The van der Waals surface area contributed by atoms with Gasteiger partial charge in [0.15, 0.2) is 0 Å². The summed E-state index contributed by atoms with van der Waals surface area (Å²) in [5.74, 6) is -0.891. The summed E-state index contributed by atoms with van der Waals surface area (Å²) >= 11 is 2.44. The zero-order valence-corrected chi connectivity index (χ0v) is 32.2. The van der Waals surface area contributed by atoms with Crippen molar-refractivity contribution in [2.45, 2.75) is 49.5 Å². The van der Waals surface area contributed by atoms with Gasteiger partial charge in [-0.1, -0.05) is 40.2 Å². The summed E-state index contributed by atoms with van der Waals surface area (Å²) in [7, 11) is 0. The highest BCUT2D eigenvalue weighted by Crippen LogP contribution is 2.50. The summed E-state index contributed by atoms with van der Waals surface area (Å²) in [5.41, 5.74) is 6.28. The first-order valence-corrected chi connectivity index (χ1v) is 19.5. The van der Waals surface area contributed by atoms with Crippen LogP contribution in [-0.4, -0.2) is 93.0 Å². The molecule has 0 unspecified atom stereocenters. The number of carbonyl (C=O) groups is 2. The second-order valence-electron chi connectivity index (χ2n) is 14.2. The summed E-state index contributed by atoms with van der Waals surface area (Å²) in [6.45, 7) is -5.53. The lowest BCUT2D eigenvalue weighted by Gasteiger charge is -2.39. The molecule has 0 spiro atoms. The van der Waals surface area contributed by atoms with Crippen molar-refractivity contribution in [1.29, 1.82) is 0 Å². The van der Waals surface area contributed by atoms with Gasteiger partial charge < -0.3 is 40.1 Å². The van der Waals surface area contributed by atoms with Gasteiger partial charge in [0.1, 0.15) is 23.1 Å². The minimum absolute atomic E-state index is 0.0210. The number of anilines is 4. The molecule has 300 valence electrons. The number of para-hydroxylation sites is 2. The van der Waals surface area contributed by atoms with Gasteiger partial charge in [-0.15, -0.1) is 0 Å². The summed E-state index contributed by atoms with van der Waals surface area (Å²) in [6, 6.07) is 21.2. The third-order valence-corrected chi connectivity index (χ3v) is 11.0. The van der Waals surface area contributed by atoms with Crippen molar-refractivity contribution in [3.63, 3.8) is 0 Å². The molecule has 0 bridgehead atoms. The highest BCUT2D eigenvalue weighted by molar-refractivity contribution is 9.09. The molecule has 6 aliphatic rings. The van der Waals surface area contributed by atoms with Crippen molar-refractivity contribution >= 4 is 50.5 Å². The monoisotopic (exact) mass is 854 g/mol. The number of alkyl halides is 1. The number of nitrogens with zero attached hydrogens (tertiary/aromatic N) is 3. The Hall–Kier alpha value is -4.72. The van der Waals surface area contributed by atoms with Gasteiger partial charge in [-0.2, -0.15) is 0 Å². The second-order valence-corrected chi connectivity index (χ2v) is 14.6. The molecule has 57 heavy (non-hydrogen) atoms. The van der Waals surface area contributed by atoms with Gasteiger partial charge in [-0.05, 0) is 104 Å². The highest BCUT2D eigenvalue weighted by atomic mass is 79.9. The van der Waals surface area contributed by atoms with E-state index in [0.29, 0.717) is 24.9 Å². The smallest absolute Gasteiger partial charge is 0.243 e. The number of rotatable bonds is 9. The fourth-order valence-corrected chi connectivity index (χ4v) is 8.61. The molecule has 10 rings (SSSR count). The van der Waals surface area contributed by atoms with Crippen LogP contribution in [0, 0.1) is 11.6 Å². The molecule has 3 N–H and O–H groups in total. The first-order chi connectivity index (χ1) is 32.2. The Labute approximate surface area is 357 Å².